The number of carbonyl (C=O) groups is 1. The Morgan fingerprint density at radius 2 is 1.77 bits per heavy atom. The van der Waals surface area contributed by atoms with E-state index >= 15 is 0 Å². The molecular weight excluding hydrogens is 274 g/mol. The second-order valence-electron chi connectivity index (χ2n) is 6.24. The Morgan fingerprint density at radius 1 is 1.09 bits per heavy atom. The van der Waals surface area contributed by atoms with Crippen molar-refractivity contribution in [1.29, 1.82) is 0 Å². The number of nitrogens with one attached hydrogen (secondary N) is 1. The molecule has 116 valence electrons. The van der Waals surface area contributed by atoms with Crippen LogP contribution >= 0.6 is 0 Å². The van der Waals surface area contributed by atoms with E-state index < -0.39 is 0 Å². The molecule has 0 fully saturated rings. The lowest BCUT2D eigenvalue weighted by molar-refractivity contribution is 0.102. The summed E-state index contributed by atoms with van der Waals surface area (Å²) in [4.78, 5) is 12.3. The van der Waals surface area contributed by atoms with Gasteiger partial charge in [-0.25, -0.2) is 0 Å². The highest BCUT2D eigenvalue weighted by Crippen LogP contribution is 2.23. The van der Waals surface area contributed by atoms with Gasteiger partial charge in [0.1, 0.15) is 5.75 Å². The Hall–Kier alpha value is -2.29. The van der Waals surface area contributed by atoms with Crippen LogP contribution in [0.4, 0.5) is 5.69 Å². The highest BCUT2D eigenvalue weighted by Gasteiger charge is 2.13. The third-order valence-corrected chi connectivity index (χ3v) is 3.42. The average Bonchev–Trinajstić information content (AvgIpc) is 2.47. The average molecular weight is 297 g/mol. The summed E-state index contributed by atoms with van der Waals surface area (Å²) in [6.45, 7) is 9.00. The summed E-state index contributed by atoms with van der Waals surface area (Å²) in [5.74, 6) is 0.572. The van der Waals surface area contributed by atoms with E-state index in [1.807, 2.05) is 43.3 Å². The van der Waals surface area contributed by atoms with Crippen molar-refractivity contribution in [1.82, 2.24) is 0 Å². The molecule has 0 aromatic heterocycles. The predicted molar refractivity (Wildman–Crippen MR) is 90.7 cm³/mol. The van der Waals surface area contributed by atoms with Crippen molar-refractivity contribution in [2.75, 3.05) is 11.9 Å². The molecule has 0 atom stereocenters. The van der Waals surface area contributed by atoms with Crippen molar-refractivity contribution >= 4 is 11.6 Å². The van der Waals surface area contributed by atoms with Crippen LogP contribution in [0.25, 0.3) is 0 Å². The van der Waals surface area contributed by atoms with Gasteiger partial charge in [0.15, 0.2) is 0 Å². The predicted octanol–water partition coefficient (Wildman–Crippen LogP) is 4.64. The van der Waals surface area contributed by atoms with Crippen LogP contribution < -0.4 is 10.1 Å². The second kappa shape index (κ2) is 6.65. The molecule has 2 aromatic rings. The number of amides is 1. The first kappa shape index (κ1) is 16.1. The van der Waals surface area contributed by atoms with Gasteiger partial charge in [0.05, 0.1) is 6.61 Å². The van der Waals surface area contributed by atoms with E-state index in [2.05, 4.69) is 26.1 Å². The molecule has 1 amide bonds. The van der Waals surface area contributed by atoms with Crippen molar-refractivity contribution in [3.8, 4) is 5.75 Å². The molecule has 2 aromatic carbocycles. The molecule has 0 saturated heterocycles. The maximum atomic E-state index is 12.3. The first-order valence-corrected chi connectivity index (χ1v) is 7.55. The highest BCUT2D eigenvalue weighted by atomic mass is 16.5. The molecule has 0 radical (unpaired) electrons. The van der Waals surface area contributed by atoms with Crippen molar-refractivity contribution in [2.24, 2.45) is 0 Å². The summed E-state index contributed by atoms with van der Waals surface area (Å²) in [7, 11) is 0. The molecule has 0 spiro atoms. The molecule has 0 unspecified atom stereocenters. The summed E-state index contributed by atoms with van der Waals surface area (Å²) < 4.78 is 5.42. The topological polar surface area (TPSA) is 38.3 Å². The summed E-state index contributed by atoms with van der Waals surface area (Å²) in [5, 5.41) is 2.91. The van der Waals surface area contributed by atoms with Crippen LogP contribution in [0.1, 0.15) is 43.6 Å². The minimum absolute atomic E-state index is 0.106. The SMILES string of the molecule is CCOc1cccc(C(=O)Nc2ccc(C(C)(C)C)cc2)c1. The zero-order valence-corrected chi connectivity index (χ0v) is 13.6. The zero-order valence-electron chi connectivity index (χ0n) is 13.6. The van der Waals surface area contributed by atoms with Gasteiger partial charge in [0, 0.05) is 11.3 Å². The van der Waals surface area contributed by atoms with Crippen molar-refractivity contribution in [3.63, 3.8) is 0 Å². The summed E-state index contributed by atoms with van der Waals surface area (Å²) in [6.07, 6.45) is 0. The Kier molecular flexibility index (Phi) is 4.86. The molecular formula is C19H23NO2. The largest absolute Gasteiger partial charge is 0.494 e. The molecule has 1 N–H and O–H groups in total. The molecule has 0 heterocycles. The quantitative estimate of drug-likeness (QED) is 0.893. The molecule has 0 saturated carbocycles. The van der Waals surface area contributed by atoms with Crippen LogP contribution in [0.2, 0.25) is 0 Å². The molecule has 2 rings (SSSR count). The lowest BCUT2D eigenvalue weighted by Crippen LogP contribution is -2.13. The lowest BCUT2D eigenvalue weighted by Gasteiger charge is -2.19. The first-order valence-electron chi connectivity index (χ1n) is 7.55. The van der Waals surface area contributed by atoms with Crippen molar-refractivity contribution in [2.45, 2.75) is 33.1 Å². The van der Waals surface area contributed by atoms with Crippen LogP contribution in [0.15, 0.2) is 48.5 Å². The van der Waals surface area contributed by atoms with Gasteiger partial charge < -0.3 is 10.1 Å². The van der Waals surface area contributed by atoms with Crippen LogP contribution in [0.5, 0.6) is 5.75 Å². The van der Waals surface area contributed by atoms with Gasteiger partial charge in [0.25, 0.3) is 5.91 Å². The lowest BCUT2D eigenvalue weighted by atomic mass is 9.87. The first-order chi connectivity index (χ1) is 10.4. The Morgan fingerprint density at radius 3 is 2.36 bits per heavy atom. The third kappa shape index (κ3) is 4.10. The smallest absolute Gasteiger partial charge is 0.255 e. The standard InChI is InChI=1S/C19H23NO2/c1-5-22-17-8-6-7-14(13-17)18(21)20-16-11-9-15(10-12-16)19(2,3)4/h6-13H,5H2,1-4H3,(H,20,21). The number of anilines is 1. The number of hydrogen-bond acceptors (Lipinski definition) is 2. The van der Waals surface area contributed by atoms with E-state index in [1.165, 1.54) is 5.56 Å². The summed E-state index contributed by atoms with van der Waals surface area (Å²) in [5.41, 5.74) is 2.73. The fraction of sp³-hybridized carbons (Fsp3) is 0.316. The Balaban J connectivity index is 2.10. The molecule has 0 aliphatic rings. The molecule has 0 aliphatic heterocycles. The van der Waals surface area contributed by atoms with E-state index in [4.69, 9.17) is 4.74 Å². The van der Waals surface area contributed by atoms with Gasteiger partial charge in [0.2, 0.25) is 0 Å². The maximum absolute atomic E-state index is 12.3. The Bertz CT molecular complexity index is 639. The van der Waals surface area contributed by atoms with E-state index in [-0.39, 0.29) is 11.3 Å². The van der Waals surface area contributed by atoms with Crippen LogP contribution in [-0.2, 0) is 5.41 Å². The van der Waals surface area contributed by atoms with E-state index in [0.29, 0.717) is 17.9 Å². The number of benzene rings is 2. The van der Waals surface area contributed by atoms with Gasteiger partial charge in [-0.3, -0.25) is 4.79 Å². The van der Waals surface area contributed by atoms with Gasteiger partial charge in [-0.2, -0.15) is 0 Å². The van der Waals surface area contributed by atoms with E-state index in [9.17, 15) is 4.79 Å². The van der Waals surface area contributed by atoms with Crippen LogP contribution in [0.3, 0.4) is 0 Å². The molecule has 0 aliphatic carbocycles. The van der Waals surface area contributed by atoms with Gasteiger partial charge >= 0.3 is 0 Å². The second-order valence-corrected chi connectivity index (χ2v) is 6.24. The van der Waals surface area contributed by atoms with Crippen molar-refractivity contribution in [3.05, 3.63) is 59.7 Å². The fourth-order valence-corrected chi connectivity index (χ4v) is 2.15. The van der Waals surface area contributed by atoms with E-state index in [0.717, 1.165) is 5.69 Å². The van der Waals surface area contributed by atoms with Gasteiger partial charge in [-0.1, -0.05) is 39.0 Å². The molecule has 3 heteroatoms. The highest BCUT2D eigenvalue weighted by molar-refractivity contribution is 6.04. The molecule has 3 nitrogen and oxygen atoms in total. The number of ether oxygens (including phenoxy) is 1. The molecule has 22 heavy (non-hydrogen) atoms. The fourth-order valence-electron chi connectivity index (χ4n) is 2.15. The number of hydrogen-bond donors (Lipinski definition) is 1. The monoisotopic (exact) mass is 297 g/mol. The van der Waals surface area contributed by atoms with Crippen LogP contribution in [0, 0.1) is 0 Å². The minimum atomic E-state index is -0.134. The van der Waals surface area contributed by atoms with E-state index in [1.54, 1.807) is 12.1 Å². The number of rotatable bonds is 4. The van der Waals surface area contributed by atoms with Crippen molar-refractivity contribution < 1.29 is 9.53 Å². The maximum Gasteiger partial charge on any atom is 0.255 e. The van der Waals surface area contributed by atoms with Gasteiger partial charge in [-0.15, -0.1) is 0 Å². The minimum Gasteiger partial charge on any atom is -0.494 e. The molecule has 0 bridgehead atoms. The summed E-state index contributed by atoms with van der Waals surface area (Å²) >= 11 is 0. The summed E-state index contributed by atoms with van der Waals surface area (Å²) in [6, 6.07) is 15.2. The zero-order chi connectivity index (χ0) is 16.2. The normalized spacial score (nSPS) is 11.1. The van der Waals surface area contributed by atoms with Crippen LogP contribution in [-0.4, -0.2) is 12.5 Å². The third-order valence-electron chi connectivity index (χ3n) is 3.42. The Labute approximate surface area is 132 Å². The van der Waals surface area contributed by atoms with Gasteiger partial charge in [-0.05, 0) is 48.2 Å². The number of carbonyl (C=O) groups excluding carboxylic acids is 1.